The predicted octanol–water partition coefficient (Wildman–Crippen LogP) is 4.08. The van der Waals surface area contributed by atoms with Crippen LogP contribution in [0.3, 0.4) is 0 Å². The number of ether oxygens (including phenoxy) is 4. The molecule has 7 heteroatoms. The van der Waals surface area contributed by atoms with Crippen molar-refractivity contribution in [3.05, 3.63) is 83.9 Å². The van der Waals surface area contributed by atoms with E-state index >= 15 is 0 Å². The molecule has 3 rings (SSSR count). The first-order valence-corrected chi connectivity index (χ1v) is 9.55. The summed E-state index contributed by atoms with van der Waals surface area (Å²) in [6.45, 7) is -0.0738. The summed E-state index contributed by atoms with van der Waals surface area (Å²) in [5.74, 6) is 0.351. The number of rotatable bonds is 9. The highest BCUT2D eigenvalue weighted by Crippen LogP contribution is 2.29. The van der Waals surface area contributed by atoms with E-state index in [1.165, 1.54) is 20.3 Å². The van der Waals surface area contributed by atoms with Crippen LogP contribution in [0.15, 0.2) is 72.8 Å². The van der Waals surface area contributed by atoms with Gasteiger partial charge in [0.2, 0.25) is 0 Å². The van der Waals surface area contributed by atoms with Gasteiger partial charge in [0.25, 0.3) is 5.91 Å². The lowest BCUT2D eigenvalue weighted by atomic mass is 10.2. The largest absolute Gasteiger partial charge is 0.495 e. The number of hydrogen-bond acceptors (Lipinski definition) is 6. The van der Waals surface area contributed by atoms with Crippen molar-refractivity contribution in [3.63, 3.8) is 0 Å². The third-order valence-electron chi connectivity index (χ3n) is 4.35. The average Bonchev–Trinajstić information content (AvgIpc) is 2.82. The highest BCUT2D eigenvalue weighted by atomic mass is 16.5. The summed E-state index contributed by atoms with van der Waals surface area (Å²) in [5, 5.41) is 2.73. The van der Waals surface area contributed by atoms with Crippen molar-refractivity contribution in [2.24, 2.45) is 0 Å². The third kappa shape index (κ3) is 5.99. The molecule has 0 saturated carbocycles. The molecule has 1 amide bonds. The molecule has 0 saturated heterocycles. The number of benzene rings is 3. The highest BCUT2D eigenvalue weighted by molar-refractivity contribution is 5.93. The number of nitrogens with one attached hydrogen (secondary N) is 1. The zero-order chi connectivity index (χ0) is 22.1. The second kappa shape index (κ2) is 10.7. The van der Waals surface area contributed by atoms with Crippen LogP contribution < -0.4 is 19.5 Å². The van der Waals surface area contributed by atoms with Crippen molar-refractivity contribution in [1.82, 2.24) is 0 Å². The molecule has 0 radical (unpaired) electrons. The monoisotopic (exact) mass is 421 g/mol. The second-order valence-electron chi connectivity index (χ2n) is 6.46. The number of amides is 1. The van der Waals surface area contributed by atoms with E-state index in [9.17, 15) is 9.59 Å². The number of hydrogen-bond donors (Lipinski definition) is 1. The smallest absolute Gasteiger partial charge is 0.338 e. The maximum atomic E-state index is 12.3. The van der Waals surface area contributed by atoms with Gasteiger partial charge < -0.3 is 24.3 Å². The Morgan fingerprint density at radius 2 is 1.52 bits per heavy atom. The van der Waals surface area contributed by atoms with Gasteiger partial charge in [0.15, 0.2) is 18.1 Å². The topological polar surface area (TPSA) is 83.1 Å². The molecule has 0 unspecified atom stereocenters. The van der Waals surface area contributed by atoms with Crippen molar-refractivity contribution < 1.29 is 28.5 Å². The van der Waals surface area contributed by atoms with Crippen LogP contribution in [0.1, 0.15) is 15.9 Å². The van der Waals surface area contributed by atoms with Gasteiger partial charge in [-0.15, -0.1) is 0 Å². The van der Waals surface area contributed by atoms with E-state index in [-0.39, 0.29) is 19.1 Å². The summed E-state index contributed by atoms with van der Waals surface area (Å²) in [6, 6.07) is 21.1. The summed E-state index contributed by atoms with van der Waals surface area (Å²) in [7, 11) is 2.98. The lowest BCUT2D eigenvalue weighted by Gasteiger charge is -2.13. The summed E-state index contributed by atoms with van der Waals surface area (Å²) >= 11 is 0. The van der Waals surface area contributed by atoms with E-state index < -0.39 is 5.97 Å². The van der Waals surface area contributed by atoms with E-state index in [1.54, 1.807) is 30.3 Å². The molecule has 160 valence electrons. The van der Waals surface area contributed by atoms with Crippen LogP contribution in [-0.2, 0) is 16.1 Å². The molecule has 7 nitrogen and oxygen atoms in total. The van der Waals surface area contributed by atoms with Crippen LogP contribution in [-0.4, -0.2) is 32.7 Å². The minimum atomic E-state index is -0.484. The zero-order valence-corrected chi connectivity index (χ0v) is 17.3. The fraction of sp³-hybridized carbons (Fsp3) is 0.167. The molecule has 0 aliphatic rings. The van der Waals surface area contributed by atoms with Crippen LogP contribution in [0, 0.1) is 0 Å². The minimum absolute atomic E-state index is 0.170. The number of carbonyl (C=O) groups excluding carboxylic acids is 2. The Bertz CT molecular complexity index is 1040. The van der Waals surface area contributed by atoms with Gasteiger partial charge in [0.1, 0.15) is 12.4 Å². The first-order chi connectivity index (χ1) is 15.1. The van der Waals surface area contributed by atoms with Crippen molar-refractivity contribution in [1.29, 1.82) is 0 Å². The van der Waals surface area contributed by atoms with E-state index in [1.807, 2.05) is 36.4 Å². The fourth-order valence-corrected chi connectivity index (χ4v) is 2.80. The van der Waals surface area contributed by atoms with Gasteiger partial charge >= 0.3 is 5.97 Å². The summed E-state index contributed by atoms with van der Waals surface area (Å²) < 4.78 is 21.4. The Morgan fingerprint density at radius 1 is 0.806 bits per heavy atom. The molecule has 0 fully saturated rings. The lowest BCUT2D eigenvalue weighted by Crippen LogP contribution is -2.20. The van der Waals surface area contributed by atoms with Gasteiger partial charge in [-0.2, -0.15) is 0 Å². The van der Waals surface area contributed by atoms with Crippen LogP contribution in [0.2, 0.25) is 0 Å². The Morgan fingerprint density at radius 3 is 2.26 bits per heavy atom. The molecule has 0 bridgehead atoms. The Balaban J connectivity index is 1.59. The van der Waals surface area contributed by atoms with Gasteiger partial charge in [-0.25, -0.2) is 4.79 Å². The number of esters is 1. The average molecular weight is 421 g/mol. The SMILES string of the molecule is COc1ccccc1NC(=O)COc1ccc(C(=O)OCc2ccccc2)cc1OC. The second-order valence-corrected chi connectivity index (χ2v) is 6.46. The normalized spacial score (nSPS) is 10.1. The molecule has 0 heterocycles. The van der Waals surface area contributed by atoms with Crippen LogP contribution in [0.4, 0.5) is 5.69 Å². The highest BCUT2D eigenvalue weighted by Gasteiger charge is 2.14. The summed E-state index contributed by atoms with van der Waals surface area (Å²) in [4.78, 5) is 24.6. The molecule has 0 aromatic heterocycles. The molecule has 3 aromatic carbocycles. The van der Waals surface area contributed by atoms with Crippen LogP contribution in [0.5, 0.6) is 17.2 Å². The molecular weight excluding hydrogens is 398 g/mol. The molecule has 0 atom stereocenters. The van der Waals surface area contributed by atoms with Gasteiger partial charge in [-0.1, -0.05) is 42.5 Å². The molecule has 0 aliphatic carbocycles. The minimum Gasteiger partial charge on any atom is -0.495 e. The molecule has 3 aromatic rings. The van der Waals surface area contributed by atoms with E-state index in [0.717, 1.165) is 5.56 Å². The molecule has 31 heavy (non-hydrogen) atoms. The van der Waals surface area contributed by atoms with Crippen molar-refractivity contribution in [2.45, 2.75) is 6.61 Å². The quantitative estimate of drug-likeness (QED) is 0.524. The van der Waals surface area contributed by atoms with E-state index in [0.29, 0.717) is 28.5 Å². The Kier molecular flexibility index (Phi) is 7.48. The summed E-state index contributed by atoms with van der Waals surface area (Å²) in [5.41, 5.74) is 1.75. The maximum absolute atomic E-state index is 12.3. The van der Waals surface area contributed by atoms with Gasteiger partial charge in [0.05, 0.1) is 25.5 Å². The standard InChI is InChI=1S/C24H23NO6/c1-28-20-11-7-6-10-19(20)25-23(26)16-30-21-13-12-18(14-22(21)29-2)24(27)31-15-17-8-4-3-5-9-17/h3-14H,15-16H2,1-2H3,(H,25,26). The predicted molar refractivity (Wildman–Crippen MR) is 116 cm³/mol. The fourth-order valence-electron chi connectivity index (χ4n) is 2.80. The Labute approximate surface area is 180 Å². The van der Waals surface area contributed by atoms with Gasteiger partial charge in [-0.3, -0.25) is 4.79 Å². The lowest BCUT2D eigenvalue weighted by molar-refractivity contribution is -0.118. The van der Waals surface area contributed by atoms with Crippen LogP contribution in [0.25, 0.3) is 0 Å². The Hall–Kier alpha value is -4.00. The van der Waals surface area contributed by atoms with E-state index in [2.05, 4.69) is 5.32 Å². The number of para-hydroxylation sites is 2. The molecular formula is C24H23NO6. The first-order valence-electron chi connectivity index (χ1n) is 9.55. The molecule has 0 spiro atoms. The third-order valence-corrected chi connectivity index (χ3v) is 4.35. The molecule has 0 aliphatic heterocycles. The number of carbonyl (C=O) groups is 2. The van der Waals surface area contributed by atoms with Crippen LogP contribution >= 0.6 is 0 Å². The van der Waals surface area contributed by atoms with Crippen molar-refractivity contribution >= 4 is 17.6 Å². The maximum Gasteiger partial charge on any atom is 0.338 e. The van der Waals surface area contributed by atoms with Crippen molar-refractivity contribution in [2.75, 3.05) is 26.1 Å². The van der Waals surface area contributed by atoms with Gasteiger partial charge in [-0.05, 0) is 35.9 Å². The van der Waals surface area contributed by atoms with E-state index in [4.69, 9.17) is 18.9 Å². The van der Waals surface area contributed by atoms with Gasteiger partial charge in [0, 0.05) is 0 Å². The zero-order valence-electron chi connectivity index (χ0n) is 17.3. The molecule has 1 N–H and O–H groups in total. The van der Waals surface area contributed by atoms with Crippen molar-refractivity contribution in [3.8, 4) is 17.2 Å². The number of anilines is 1. The summed E-state index contributed by atoms with van der Waals surface area (Å²) in [6.07, 6.45) is 0. The first kappa shape index (κ1) is 21.7. The number of methoxy groups -OCH3 is 2.